The maximum Gasteiger partial charge on any atom is 0.416 e. The number of carbonyl (C=O) groups excluding carboxylic acids is 1. The predicted molar refractivity (Wildman–Crippen MR) is 94.2 cm³/mol. The predicted octanol–water partition coefficient (Wildman–Crippen LogP) is 3.89. The van der Waals surface area contributed by atoms with Gasteiger partial charge in [-0.1, -0.05) is 12.1 Å². The van der Waals surface area contributed by atoms with Crippen LogP contribution in [0.2, 0.25) is 0 Å². The molecule has 0 unspecified atom stereocenters. The van der Waals surface area contributed by atoms with E-state index in [1.807, 2.05) is 5.32 Å². The summed E-state index contributed by atoms with van der Waals surface area (Å²) in [4.78, 5) is 11.5. The monoisotopic (exact) mass is 455 g/mol. The molecule has 1 amide bonds. The molecular formula is C18H15F6NO4S. The normalized spacial score (nSPS) is 14.8. The Morgan fingerprint density at radius 1 is 0.933 bits per heavy atom. The molecule has 2 aromatic carbocycles. The maximum absolute atomic E-state index is 12.8. The second-order valence-corrected chi connectivity index (χ2v) is 8.58. The minimum atomic E-state index is -4.81. The van der Waals surface area contributed by atoms with Crippen LogP contribution >= 0.6 is 0 Å². The lowest BCUT2D eigenvalue weighted by Gasteiger charge is -2.22. The highest BCUT2D eigenvalue weighted by atomic mass is 32.2. The lowest BCUT2D eigenvalue weighted by atomic mass is 10.1. The fourth-order valence-corrected chi connectivity index (χ4v) is 4.05. The van der Waals surface area contributed by atoms with Crippen molar-refractivity contribution in [2.45, 2.75) is 29.8 Å². The van der Waals surface area contributed by atoms with Gasteiger partial charge in [-0.25, -0.2) is 8.42 Å². The number of halogens is 6. The van der Waals surface area contributed by atoms with E-state index in [1.54, 1.807) is 0 Å². The van der Waals surface area contributed by atoms with E-state index in [1.165, 1.54) is 0 Å². The Morgan fingerprint density at radius 2 is 1.43 bits per heavy atom. The van der Waals surface area contributed by atoms with Gasteiger partial charge in [0.25, 0.3) is 5.91 Å². The van der Waals surface area contributed by atoms with Crippen molar-refractivity contribution in [1.82, 2.24) is 0 Å². The minimum Gasteiger partial charge on any atom is -0.379 e. The molecule has 0 aliphatic rings. The Bertz CT molecular complexity index is 1050. The summed E-state index contributed by atoms with van der Waals surface area (Å²) in [6.45, 7) is 0.779. The number of sulfone groups is 1. The topological polar surface area (TPSA) is 83.5 Å². The van der Waals surface area contributed by atoms with Crippen molar-refractivity contribution < 1.29 is 44.7 Å². The van der Waals surface area contributed by atoms with Crippen LogP contribution in [0.4, 0.5) is 32.0 Å². The van der Waals surface area contributed by atoms with Crippen LogP contribution in [0.25, 0.3) is 0 Å². The van der Waals surface area contributed by atoms with Gasteiger partial charge < -0.3 is 10.4 Å². The molecule has 0 aliphatic heterocycles. The standard InChI is InChI=1S/C18H15F6NO4S/c1-16(27,15(26)25-13-6-2-4-11(8-13)17(19,20)21)10-30(28,29)14-7-3-5-12(9-14)18(22,23)24/h2-9,27H,10H2,1H3,(H,25,26)/t16-/m0/s1. The van der Waals surface area contributed by atoms with Gasteiger partial charge in [0.2, 0.25) is 0 Å². The molecule has 2 rings (SSSR count). The van der Waals surface area contributed by atoms with E-state index in [-0.39, 0.29) is 5.69 Å². The number of rotatable bonds is 5. The van der Waals surface area contributed by atoms with Gasteiger partial charge in [-0.2, -0.15) is 26.3 Å². The zero-order valence-electron chi connectivity index (χ0n) is 15.2. The zero-order valence-corrected chi connectivity index (χ0v) is 16.0. The fraction of sp³-hybridized carbons (Fsp3) is 0.278. The first-order valence-electron chi connectivity index (χ1n) is 8.13. The van der Waals surface area contributed by atoms with Crippen LogP contribution in [-0.4, -0.2) is 30.8 Å². The molecule has 0 aromatic heterocycles. The summed E-state index contributed by atoms with van der Waals surface area (Å²) in [5.74, 6) is -2.65. The van der Waals surface area contributed by atoms with Crippen LogP contribution < -0.4 is 5.32 Å². The molecule has 12 heteroatoms. The average molecular weight is 455 g/mol. The van der Waals surface area contributed by atoms with Crippen molar-refractivity contribution in [2.75, 3.05) is 11.1 Å². The third kappa shape index (κ3) is 5.72. The van der Waals surface area contributed by atoms with Gasteiger partial charge in [0.15, 0.2) is 15.4 Å². The van der Waals surface area contributed by atoms with E-state index in [9.17, 15) is 44.7 Å². The van der Waals surface area contributed by atoms with Crippen molar-refractivity contribution in [3.63, 3.8) is 0 Å². The lowest BCUT2D eigenvalue weighted by Crippen LogP contribution is -2.45. The number of alkyl halides is 6. The van der Waals surface area contributed by atoms with Crippen LogP contribution in [0.15, 0.2) is 53.4 Å². The number of aliphatic hydroxyl groups is 1. The van der Waals surface area contributed by atoms with E-state index in [0.717, 1.165) is 37.3 Å². The summed E-state index contributed by atoms with van der Waals surface area (Å²) < 4.78 is 101. The number of nitrogens with one attached hydrogen (secondary N) is 1. The molecule has 0 spiro atoms. The Kier molecular flexibility index (Phi) is 6.24. The molecule has 2 aromatic rings. The van der Waals surface area contributed by atoms with E-state index >= 15 is 0 Å². The van der Waals surface area contributed by atoms with Crippen LogP contribution in [-0.2, 0) is 27.0 Å². The van der Waals surface area contributed by atoms with Crippen molar-refractivity contribution >= 4 is 21.4 Å². The van der Waals surface area contributed by atoms with E-state index < -0.39 is 55.5 Å². The summed E-state index contributed by atoms with van der Waals surface area (Å²) in [6, 6.07) is 6.13. The third-order valence-electron chi connectivity index (χ3n) is 3.93. The van der Waals surface area contributed by atoms with Gasteiger partial charge >= 0.3 is 12.4 Å². The summed E-state index contributed by atoms with van der Waals surface area (Å²) in [7, 11) is -4.56. The second kappa shape index (κ2) is 7.91. The Morgan fingerprint density at radius 3 is 1.97 bits per heavy atom. The molecule has 0 aliphatic carbocycles. The van der Waals surface area contributed by atoms with Crippen molar-refractivity contribution in [3.05, 3.63) is 59.7 Å². The number of carbonyl (C=O) groups is 1. The highest BCUT2D eigenvalue weighted by Crippen LogP contribution is 2.32. The summed E-state index contributed by atoms with van der Waals surface area (Å²) >= 11 is 0. The first kappa shape index (κ1) is 23.7. The molecule has 0 bridgehead atoms. The van der Waals surface area contributed by atoms with Gasteiger partial charge in [0.05, 0.1) is 21.8 Å². The number of hydrogen-bond donors (Lipinski definition) is 2. The molecule has 0 heterocycles. The first-order valence-corrected chi connectivity index (χ1v) is 9.79. The summed E-state index contributed by atoms with van der Waals surface area (Å²) in [5, 5.41) is 12.2. The Labute approximate surface area is 167 Å². The SMILES string of the molecule is C[C@](O)(CS(=O)(=O)c1cccc(C(F)(F)F)c1)C(=O)Nc1cccc(C(F)(F)F)c1. The molecule has 2 N–H and O–H groups in total. The molecule has 30 heavy (non-hydrogen) atoms. The Hall–Kier alpha value is -2.60. The van der Waals surface area contributed by atoms with Crippen molar-refractivity contribution in [2.24, 2.45) is 0 Å². The quantitative estimate of drug-likeness (QED) is 0.671. The van der Waals surface area contributed by atoms with Gasteiger partial charge in [0.1, 0.15) is 0 Å². The smallest absolute Gasteiger partial charge is 0.379 e. The van der Waals surface area contributed by atoms with Crippen LogP contribution in [0.1, 0.15) is 18.1 Å². The Balaban J connectivity index is 2.24. The van der Waals surface area contributed by atoms with Gasteiger partial charge in [-0.05, 0) is 43.3 Å². The number of amides is 1. The van der Waals surface area contributed by atoms with Crippen LogP contribution in [0.3, 0.4) is 0 Å². The number of anilines is 1. The van der Waals surface area contributed by atoms with Crippen LogP contribution in [0.5, 0.6) is 0 Å². The maximum atomic E-state index is 12.8. The molecule has 0 saturated carbocycles. The van der Waals surface area contributed by atoms with E-state index in [0.29, 0.717) is 18.2 Å². The minimum absolute atomic E-state index is 0.355. The number of hydrogen-bond acceptors (Lipinski definition) is 4. The molecule has 0 fully saturated rings. The zero-order chi connectivity index (χ0) is 23.0. The van der Waals surface area contributed by atoms with E-state index in [4.69, 9.17) is 0 Å². The molecule has 0 radical (unpaired) electrons. The second-order valence-electron chi connectivity index (χ2n) is 6.59. The molecule has 1 atom stereocenters. The largest absolute Gasteiger partial charge is 0.416 e. The average Bonchev–Trinajstić information content (AvgIpc) is 2.60. The lowest BCUT2D eigenvalue weighted by molar-refractivity contribution is -0.138. The molecular weight excluding hydrogens is 440 g/mol. The third-order valence-corrected chi connectivity index (χ3v) is 5.84. The number of benzene rings is 2. The van der Waals surface area contributed by atoms with Gasteiger partial charge in [-0.3, -0.25) is 4.79 Å². The molecule has 5 nitrogen and oxygen atoms in total. The molecule has 164 valence electrons. The van der Waals surface area contributed by atoms with Gasteiger partial charge in [-0.15, -0.1) is 0 Å². The summed E-state index contributed by atoms with van der Waals surface area (Å²) in [5.41, 5.74) is -5.33. The molecule has 0 saturated heterocycles. The van der Waals surface area contributed by atoms with Crippen LogP contribution in [0, 0.1) is 0 Å². The summed E-state index contributed by atoms with van der Waals surface area (Å²) in [6.07, 6.45) is -9.51. The van der Waals surface area contributed by atoms with Gasteiger partial charge in [0, 0.05) is 5.69 Å². The fourth-order valence-electron chi connectivity index (χ4n) is 2.42. The highest BCUT2D eigenvalue weighted by Gasteiger charge is 2.38. The highest BCUT2D eigenvalue weighted by molar-refractivity contribution is 7.91. The van der Waals surface area contributed by atoms with Crippen molar-refractivity contribution in [3.8, 4) is 0 Å². The van der Waals surface area contributed by atoms with E-state index in [2.05, 4.69) is 0 Å². The van der Waals surface area contributed by atoms with Crippen molar-refractivity contribution in [1.29, 1.82) is 0 Å². The first-order chi connectivity index (χ1) is 13.5.